The van der Waals surface area contributed by atoms with Crippen LogP contribution in [0.2, 0.25) is 0 Å². The molecule has 3 aromatic rings. The molecule has 28 heavy (non-hydrogen) atoms. The molecular formula is C21H19FN2O4. The number of methoxy groups -OCH3 is 3. The first-order chi connectivity index (χ1) is 13.5. The van der Waals surface area contributed by atoms with Crippen LogP contribution in [0.4, 0.5) is 4.39 Å². The lowest BCUT2D eigenvalue weighted by Gasteiger charge is -2.13. The van der Waals surface area contributed by atoms with Crippen molar-refractivity contribution >= 4 is 11.9 Å². The topological polar surface area (TPSA) is 73.4 Å². The minimum Gasteiger partial charge on any atom is -0.493 e. The highest BCUT2D eigenvalue weighted by Gasteiger charge is 2.15. The summed E-state index contributed by atoms with van der Waals surface area (Å²) in [6, 6.07) is 11.0. The third-order valence-corrected chi connectivity index (χ3v) is 4.10. The molecule has 0 spiro atoms. The van der Waals surface area contributed by atoms with Gasteiger partial charge in [0, 0.05) is 11.1 Å². The molecule has 0 fully saturated rings. The number of halogens is 1. The monoisotopic (exact) mass is 382 g/mol. The largest absolute Gasteiger partial charge is 0.493 e. The van der Waals surface area contributed by atoms with Gasteiger partial charge in [0.15, 0.2) is 17.3 Å². The van der Waals surface area contributed by atoms with Crippen LogP contribution in [0.3, 0.4) is 0 Å². The number of ether oxygens (including phenoxy) is 3. The number of nitrogens with one attached hydrogen (secondary N) is 1. The number of aromatic nitrogens is 2. The van der Waals surface area contributed by atoms with Gasteiger partial charge < -0.3 is 14.2 Å². The van der Waals surface area contributed by atoms with E-state index in [9.17, 15) is 9.18 Å². The normalized spacial score (nSPS) is 10.9. The van der Waals surface area contributed by atoms with Gasteiger partial charge in [0.2, 0.25) is 5.75 Å². The van der Waals surface area contributed by atoms with E-state index < -0.39 is 0 Å². The molecule has 144 valence electrons. The standard InChI is InChI=1S/C21H19FN2O4/c1-26-19-10-14(11-20(27-2)21(19)28-3)18(25)9-8-16-12-17(24-23-16)13-4-6-15(22)7-5-13/h4-12H,1-3H3,(H,23,24). The Hall–Kier alpha value is -3.61. The number of benzene rings is 2. The molecule has 0 atom stereocenters. The lowest BCUT2D eigenvalue weighted by atomic mass is 10.1. The molecule has 0 unspecified atom stereocenters. The van der Waals surface area contributed by atoms with Gasteiger partial charge in [-0.15, -0.1) is 0 Å². The van der Waals surface area contributed by atoms with Crippen LogP contribution in [-0.4, -0.2) is 37.3 Å². The quantitative estimate of drug-likeness (QED) is 0.491. The summed E-state index contributed by atoms with van der Waals surface area (Å²) in [5.74, 6) is 0.674. The maximum atomic E-state index is 13.0. The first-order valence-electron chi connectivity index (χ1n) is 8.39. The Balaban J connectivity index is 1.81. The fourth-order valence-electron chi connectivity index (χ4n) is 2.68. The molecule has 6 nitrogen and oxygen atoms in total. The number of carbonyl (C=O) groups excluding carboxylic acids is 1. The fraction of sp³-hybridized carbons (Fsp3) is 0.143. The summed E-state index contributed by atoms with van der Waals surface area (Å²) in [7, 11) is 4.48. The number of hydrogen-bond donors (Lipinski definition) is 1. The zero-order valence-corrected chi connectivity index (χ0v) is 15.7. The van der Waals surface area contributed by atoms with Crippen molar-refractivity contribution in [3.63, 3.8) is 0 Å². The lowest BCUT2D eigenvalue weighted by Crippen LogP contribution is -2.00. The van der Waals surface area contributed by atoms with E-state index in [0.717, 1.165) is 5.56 Å². The highest BCUT2D eigenvalue weighted by Crippen LogP contribution is 2.38. The predicted octanol–water partition coefficient (Wildman–Crippen LogP) is 4.14. The molecule has 0 saturated heterocycles. The Kier molecular flexibility index (Phi) is 5.74. The van der Waals surface area contributed by atoms with Crippen LogP contribution in [0.1, 0.15) is 16.1 Å². The summed E-state index contributed by atoms with van der Waals surface area (Å²) in [5.41, 5.74) is 2.46. The molecule has 1 heterocycles. The highest BCUT2D eigenvalue weighted by molar-refractivity contribution is 6.07. The minimum atomic E-state index is -0.310. The van der Waals surface area contributed by atoms with E-state index in [4.69, 9.17) is 14.2 Å². The average Bonchev–Trinajstić information content (AvgIpc) is 3.20. The second-order valence-corrected chi connectivity index (χ2v) is 5.83. The molecule has 1 N–H and O–H groups in total. The van der Waals surface area contributed by atoms with E-state index >= 15 is 0 Å². The van der Waals surface area contributed by atoms with Gasteiger partial charge in [-0.2, -0.15) is 5.10 Å². The second-order valence-electron chi connectivity index (χ2n) is 5.83. The number of hydrogen-bond acceptors (Lipinski definition) is 5. The predicted molar refractivity (Wildman–Crippen MR) is 103 cm³/mol. The van der Waals surface area contributed by atoms with Gasteiger partial charge in [-0.1, -0.05) is 0 Å². The number of H-pyrrole nitrogens is 1. The third-order valence-electron chi connectivity index (χ3n) is 4.10. The van der Waals surface area contributed by atoms with Gasteiger partial charge in [0.25, 0.3) is 0 Å². The summed E-state index contributed by atoms with van der Waals surface area (Å²) in [6.07, 6.45) is 3.04. The summed E-state index contributed by atoms with van der Waals surface area (Å²) in [4.78, 5) is 12.6. The van der Waals surface area contributed by atoms with E-state index in [1.807, 2.05) is 0 Å². The van der Waals surface area contributed by atoms with Crippen molar-refractivity contribution in [2.24, 2.45) is 0 Å². The molecule has 0 amide bonds. The number of ketones is 1. The van der Waals surface area contributed by atoms with Crippen molar-refractivity contribution in [1.82, 2.24) is 10.2 Å². The van der Waals surface area contributed by atoms with Crippen LogP contribution in [0.5, 0.6) is 17.2 Å². The first kappa shape index (κ1) is 19.2. The molecule has 0 aliphatic heterocycles. The molecule has 3 rings (SSSR count). The SMILES string of the molecule is COc1cc(C(=O)C=Cc2cc(-c3ccc(F)cc3)n[nH]2)cc(OC)c1OC. The Morgan fingerprint density at radius 2 is 1.64 bits per heavy atom. The van der Waals surface area contributed by atoms with Gasteiger partial charge >= 0.3 is 0 Å². The Labute approximate surface area is 161 Å². The molecule has 0 aliphatic carbocycles. The number of rotatable bonds is 7. The first-order valence-corrected chi connectivity index (χ1v) is 8.39. The van der Waals surface area contributed by atoms with Crippen molar-refractivity contribution in [3.8, 4) is 28.5 Å². The maximum absolute atomic E-state index is 13.0. The lowest BCUT2D eigenvalue weighted by molar-refractivity contribution is 0.104. The Bertz CT molecular complexity index is 984. The highest BCUT2D eigenvalue weighted by atomic mass is 19.1. The molecule has 0 saturated carbocycles. The van der Waals surface area contributed by atoms with E-state index in [1.165, 1.54) is 39.5 Å². The number of aromatic amines is 1. The van der Waals surface area contributed by atoms with Crippen molar-refractivity contribution in [3.05, 3.63) is 65.6 Å². The van der Waals surface area contributed by atoms with Gasteiger partial charge in [-0.3, -0.25) is 9.89 Å². The van der Waals surface area contributed by atoms with Crippen LogP contribution in [0.25, 0.3) is 17.3 Å². The van der Waals surface area contributed by atoms with Crippen molar-refractivity contribution in [2.45, 2.75) is 0 Å². The maximum Gasteiger partial charge on any atom is 0.203 e. The molecule has 0 radical (unpaired) electrons. The van der Waals surface area contributed by atoms with E-state index in [0.29, 0.717) is 34.2 Å². The fourth-order valence-corrected chi connectivity index (χ4v) is 2.68. The van der Waals surface area contributed by atoms with Crippen molar-refractivity contribution in [2.75, 3.05) is 21.3 Å². The Morgan fingerprint density at radius 3 is 2.21 bits per heavy atom. The minimum absolute atomic E-state index is 0.239. The van der Waals surface area contributed by atoms with Crippen LogP contribution >= 0.6 is 0 Å². The van der Waals surface area contributed by atoms with Crippen LogP contribution in [0.15, 0.2) is 48.5 Å². The van der Waals surface area contributed by atoms with Crippen molar-refractivity contribution in [1.29, 1.82) is 0 Å². The smallest absolute Gasteiger partial charge is 0.203 e. The number of nitrogens with zero attached hydrogens (tertiary/aromatic N) is 1. The van der Waals surface area contributed by atoms with Gasteiger partial charge in [0.05, 0.1) is 32.7 Å². The van der Waals surface area contributed by atoms with Crippen LogP contribution < -0.4 is 14.2 Å². The summed E-state index contributed by atoms with van der Waals surface area (Å²) in [6.45, 7) is 0. The third kappa shape index (κ3) is 4.03. The van der Waals surface area contributed by atoms with E-state index in [-0.39, 0.29) is 11.6 Å². The van der Waals surface area contributed by atoms with Gasteiger partial charge in [-0.05, 0) is 54.6 Å². The zero-order valence-electron chi connectivity index (χ0n) is 15.7. The molecule has 0 bridgehead atoms. The van der Waals surface area contributed by atoms with E-state index in [1.54, 1.807) is 36.4 Å². The molecule has 0 aliphatic rings. The molecule has 2 aromatic carbocycles. The van der Waals surface area contributed by atoms with Crippen LogP contribution in [-0.2, 0) is 0 Å². The Morgan fingerprint density at radius 1 is 1.00 bits per heavy atom. The number of allylic oxidation sites excluding steroid dienone is 1. The molecular weight excluding hydrogens is 363 g/mol. The average molecular weight is 382 g/mol. The van der Waals surface area contributed by atoms with Gasteiger partial charge in [-0.25, -0.2) is 4.39 Å². The number of carbonyl (C=O) groups is 1. The summed E-state index contributed by atoms with van der Waals surface area (Å²) in [5, 5.41) is 7.01. The second kappa shape index (κ2) is 8.39. The van der Waals surface area contributed by atoms with Crippen LogP contribution in [0, 0.1) is 5.82 Å². The van der Waals surface area contributed by atoms with Gasteiger partial charge in [0.1, 0.15) is 5.82 Å². The zero-order chi connectivity index (χ0) is 20.1. The summed E-state index contributed by atoms with van der Waals surface area (Å²) < 4.78 is 28.8. The van der Waals surface area contributed by atoms with E-state index in [2.05, 4.69) is 10.2 Å². The van der Waals surface area contributed by atoms with Crippen molar-refractivity contribution < 1.29 is 23.4 Å². The molecule has 7 heteroatoms. The summed E-state index contributed by atoms with van der Waals surface area (Å²) >= 11 is 0. The molecule has 1 aromatic heterocycles.